The number of benzene rings is 1. The van der Waals surface area contributed by atoms with Crippen LogP contribution in [-0.4, -0.2) is 32.6 Å². The number of carbonyl (C=O) groups is 1. The second-order valence-corrected chi connectivity index (χ2v) is 4.35. The molecule has 0 unspecified atom stereocenters. The van der Waals surface area contributed by atoms with Crippen LogP contribution in [0.15, 0.2) is 24.3 Å². The molecule has 1 amide bonds. The second kappa shape index (κ2) is 8.25. The van der Waals surface area contributed by atoms with E-state index in [1.807, 2.05) is 23.1 Å². The summed E-state index contributed by atoms with van der Waals surface area (Å²) in [5.41, 5.74) is 7.59. The van der Waals surface area contributed by atoms with Crippen molar-refractivity contribution in [3.8, 4) is 0 Å². The molecule has 108 valence electrons. The molecular weight excluding hydrogens is 285 g/mol. The Hall–Kier alpha value is -0.970. The number of nitrogens with zero attached hydrogens (tertiary/aromatic N) is 2. The molecule has 0 bridgehead atoms. The standard InChI is InChI=1S/C13H19N3O.2ClH/c1-15-9-10-16(13(17)7-4-8-14)12-6-3-2-5-11(12)15;;/h2-3,5-6H,4,7-10,14H2,1H3;2*1H. The largest absolute Gasteiger partial charge is 0.371 e. The fourth-order valence-corrected chi connectivity index (χ4v) is 2.15. The molecule has 1 aliphatic rings. The van der Waals surface area contributed by atoms with Crippen molar-refractivity contribution in [3.63, 3.8) is 0 Å². The number of hydrogen-bond acceptors (Lipinski definition) is 3. The van der Waals surface area contributed by atoms with E-state index in [1.165, 1.54) is 0 Å². The lowest BCUT2D eigenvalue weighted by atomic mass is 10.1. The van der Waals surface area contributed by atoms with E-state index in [1.54, 1.807) is 0 Å². The third kappa shape index (κ3) is 4.00. The van der Waals surface area contributed by atoms with Crippen molar-refractivity contribution in [1.29, 1.82) is 0 Å². The number of rotatable bonds is 3. The van der Waals surface area contributed by atoms with Crippen LogP contribution in [0.4, 0.5) is 11.4 Å². The van der Waals surface area contributed by atoms with Gasteiger partial charge in [-0.3, -0.25) is 4.79 Å². The highest BCUT2D eigenvalue weighted by molar-refractivity contribution is 5.97. The number of nitrogens with two attached hydrogens (primary N) is 1. The molecule has 4 nitrogen and oxygen atoms in total. The number of fused-ring (bicyclic) bond motifs is 1. The zero-order chi connectivity index (χ0) is 12.3. The summed E-state index contributed by atoms with van der Waals surface area (Å²) < 4.78 is 0. The van der Waals surface area contributed by atoms with Crippen molar-refractivity contribution in [2.24, 2.45) is 5.73 Å². The molecule has 1 aromatic carbocycles. The summed E-state index contributed by atoms with van der Waals surface area (Å²) in [5.74, 6) is 0.177. The predicted octanol–water partition coefficient (Wildman–Crippen LogP) is 2.05. The first kappa shape index (κ1) is 18.0. The molecule has 19 heavy (non-hydrogen) atoms. The zero-order valence-electron chi connectivity index (χ0n) is 11.0. The Morgan fingerprint density at radius 1 is 1.21 bits per heavy atom. The first-order valence-corrected chi connectivity index (χ1v) is 6.04. The Kier molecular flexibility index (Phi) is 7.83. The molecular formula is C13H21Cl2N3O. The zero-order valence-corrected chi connectivity index (χ0v) is 12.7. The van der Waals surface area contributed by atoms with Gasteiger partial charge in [0.2, 0.25) is 5.91 Å². The second-order valence-electron chi connectivity index (χ2n) is 4.35. The van der Waals surface area contributed by atoms with Crippen LogP contribution in [0.1, 0.15) is 12.8 Å². The van der Waals surface area contributed by atoms with E-state index < -0.39 is 0 Å². The Morgan fingerprint density at radius 2 is 1.84 bits per heavy atom. The topological polar surface area (TPSA) is 49.6 Å². The van der Waals surface area contributed by atoms with Crippen LogP contribution in [-0.2, 0) is 4.79 Å². The maximum Gasteiger partial charge on any atom is 0.227 e. The normalized spacial score (nSPS) is 13.2. The molecule has 0 aromatic heterocycles. The van der Waals surface area contributed by atoms with Crippen molar-refractivity contribution in [2.45, 2.75) is 12.8 Å². The number of amides is 1. The van der Waals surface area contributed by atoms with E-state index in [0.29, 0.717) is 13.0 Å². The van der Waals surface area contributed by atoms with Crippen molar-refractivity contribution < 1.29 is 4.79 Å². The van der Waals surface area contributed by atoms with Crippen LogP contribution < -0.4 is 15.5 Å². The monoisotopic (exact) mass is 305 g/mol. The molecule has 6 heteroatoms. The van der Waals surface area contributed by atoms with E-state index in [0.717, 1.165) is 30.9 Å². The van der Waals surface area contributed by atoms with Gasteiger partial charge in [0.05, 0.1) is 11.4 Å². The van der Waals surface area contributed by atoms with Crippen molar-refractivity contribution in [1.82, 2.24) is 0 Å². The minimum atomic E-state index is 0. The van der Waals surface area contributed by atoms with Crippen LogP contribution in [0.2, 0.25) is 0 Å². The summed E-state index contributed by atoms with van der Waals surface area (Å²) >= 11 is 0. The molecule has 0 fully saturated rings. The molecule has 1 aromatic rings. The van der Waals surface area contributed by atoms with E-state index in [-0.39, 0.29) is 30.7 Å². The van der Waals surface area contributed by atoms with Gasteiger partial charge in [0, 0.05) is 26.6 Å². The van der Waals surface area contributed by atoms with Gasteiger partial charge < -0.3 is 15.5 Å². The van der Waals surface area contributed by atoms with Gasteiger partial charge in [0.15, 0.2) is 0 Å². The summed E-state index contributed by atoms with van der Waals surface area (Å²) in [6.45, 7) is 2.21. The quantitative estimate of drug-likeness (QED) is 0.930. The maximum absolute atomic E-state index is 12.1. The fourth-order valence-electron chi connectivity index (χ4n) is 2.15. The van der Waals surface area contributed by atoms with Gasteiger partial charge in [-0.2, -0.15) is 0 Å². The number of para-hydroxylation sites is 2. The van der Waals surface area contributed by atoms with Gasteiger partial charge >= 0.3 is 0 Å². The van der Waals surface area contributed by atoms with Gasteiger partial charge in [-0.1, -0.05) is 12.1 Å². The van der Waals surface area contributed by atoms with Crippen LogP contribution in [0, 0.1) is 0 Å². The number of carbonyl (C=O) groups excluding carboxylic acids is 1. The van der Waals surface area contributed by atoms with Crippen molar-refractivity contribution in [2.75, 3.05) is 36.5 Å². The minimum Gasteiger partial charge on any atom is -0.371 e. The predicted molar refractivity (Wildman–Crippen MR) is 84.8 cm³/mol. The highest BCUT2D eigenvalue weighted by Gasteiger charge is 2.23. The van der Waals surface area contributed by atoms with Gasteiger partial charge in [-0.15, -0.1) is 24.8 Å². The van der Waals surface area contributed by atoms with Gasteiger partial charge in [-0.25, -0.2) is 0 Å². The van der Waals surface area contributed by atoms with Gasteiger partial charge in [0.25, 0.3) is 0 Å². The van der Waals surface area contributed by atoms with Crippen LogP contribution in [0.5, 0.6) is 0 Å². The Bertz CT molecular complexity index is 415. The highest BCUT2D eigenvalue weighted by atomic mass is 35.5. The SMILES string of the molecule is CN1CCN(C(=O)CCCN)c2ccccc21.Cl.Cl. The first-order valence-electron chi connectivity index (χ1n) is 6.04. The maximum atomic E-state index is 12.1. The molecule has 0 radical (unpaired) electrons. The Morgan fingerprint density at radius 3 is 2.47 bits per heavy atom. The lowest BCUT2D eigenvalue weighted by Gasteiger charge is -2.35. The minimum absolute atomic E-state index is 0. The third-order valence-corrected chi connectivity index (χ3v) is 3.14. The highest BCUT2D eigenvalue weighted by Crippen LogP contribution is 2.32. The van der Waals surface area contributed by atoms with E-state index in [2.05, 4.69) is 18.0 Å². The van der Waals surface area contributed by atoms with Crippen molar-refractivity contribution in [3.05, 3.63) is 24.3 Å². The lowest BCUT2D eigenvalue weighted by Crippen LogP contribution is -2.42. The fraction of sp³-hybridized carbons (Fsp3) is 0.462. The summed E-state index contributed by atoms with van der Waals surface area (Å²) in [7, 11) is 2.06. The summed E-state index contributed by atoms with van der Waals surface area (Å²) in [6, 6.07) is 8.04. The van der Waals surface area contributed by atoms with Gasteiger partial charge in [-0.05, 0) is 25.1 Å². The smallest absolute Gasteiger partial charge is 0.227 e. The molecule has 2 N–H and O–H groups in total. The molecule has 0 saturated carbocycles. The van der Waals surface area contributed by atoms with Crippen molar-refractivity contribution >= 4 is 42.1 Å². The summed E-state index contributed by atoms with van der Waals surface area (Å²) in [4.78, 5) is 16.1. The molecule has 0 saturated heterocycles. The Balaban J connectivity index is 0.00000162. The number of halogens is 2. The molecule has 0 aliphatic carbocycles. The Labute approximate surface area is 126 Å². The lowest BCUT2D eigenvalue weighted by molar-refractivity contribution is -0.118. The molecule has 1 heterocycles. The third-order valence-electron chi connectivity index (χ3n) is 3.14. The number of anilines is 2. The number of likely N-dealkylation sites (N-methyl/N-ethyl adjacent to an activating group) is 1. The molecule has 0 spiro atoms. The molecule has 0 atom stereocenters. The van der Waals surface area contributed by atoms with Gasteiger partial charge in [0.1, 0.15) is 0 Å². The van der Waals surface area contributed by atoms with Crippen LogP contribution >= 0.6 is 24.8 Å². The van der Waals surface area contributed by atoms with E-state index in [4.69, 9.17) is 5.73 Å². The van der Waals surface area contributed by atoms with E-state index in [9.17, 15) is 4.79 Å². The average Bonchev–Trinajstić information content (AvgIpc) is 2.37. The van der Waals surface area contributed by atoms with E-state index >= 15 is 0 Å². The van der Waals surface area contributed by atoms with Crippen LogP contribution in [0.3, 0.4) is 0 Å². The summed E-state index contributed by atoms with van der Waals surface area (Å²) in [6.07, 6.45) is 1.29. The van der Waals surface area contributed by atoms with Crippen LogP contribution in [0.25, 0.3) is 0 Å². The average molecular weight is 306 g/mol. The molecule has 2 rings (SSSR count). The first-order chi connectivity index (χ1) is 8.24. The molecule has 1 aliphatic heterocycles. The number of hydrogen-bond donors (Lipinski definition) is 1. The summed E-state index contributed by atoms with van der Waals surface area (Å²) in [5, 5.41) is 0.